The Balaban J connectivity index is -0.00000123. The molecule has 48 heteroatoms. The van der Waals surface area contributed by atoms with Crippen LogP contribution in [0, 0.1) is 10.7 Å². The van der Waals surface area contributed by atoms with Crippen LogP contribution in [0.1, 0.15) is 115 Å². The van der Waals surface area contributed by atoms with Crippen LogP contribution in [0.4, 0.5) is 0 Å². The molecular formula is C67H93Cl2I3N17NaO20S5. The molecule has 9 heterocycles. The summed E-state index contributed by atoms with van der Waals surface area (Å²) < 4.78 is 59.6. The number of thioether (sulfide) groups is 4. The number of esters is 6. The Hall–Kier alpha value is -5.95. The molecule has 0 saturated heterocycles. The Kier molecular flexibility index (Phi) is 67.8. The topological polar surface area (TPSA) is 484 Å². The molecule has 37 nitrogen and oxygen atoms in total. The number of ether oxygens (including phenoxy) is 12. The summed E-state index contributed by atoms with van der Waals surface area (Å²) in [4.78, 5) is 136. The van der Waals surface area contributed by atoms with Crippen molar-refractivity contribution in [1.82, 2.24) is 80.4 Å². The minimum absolute atomic E-state index is 0. The number of nitrogens with two attached hydrogens (primary N) is 1. The zero-order valence-corrected chi connectivity index (χ0v) is 80.5. The number of nitrogens with one attached hydrogen (secondary N) is 2. The van der Waals surface area contributed by atoms with Gasteiger partial charge >= 0.3 is 101 Å². The van der Waals surface area contributed by atoms with E-state index < -0.39 is 29.8 Å². The van der Waals surface area contributed by atoms with Crippen molar-refractivity contribution < 1.29 is 125 Å². The van der Waals surface area contributed by atoms with Gasteiger partial charge in [-0.3, -0.25) is 9.59 Å². The van der Waals surface area contributed by atoms with Crippen molar-refractivity contribution in [2.24, 2.45) is 5.73 Å². The fourth-order valence-corrected chi connectivity index (χ4v) is 11.3. The van der Waals surface area contributed by atoms with E-state index in [2.05, 4.69) is 164 Å². The number of amides is 1. The maximum absolute atomic E-state index is 11.5. The summed E-state index contributed by atoms with van der Waals surface area (Å²) in [5, 5.41) is 14.6. The molecule has 2 aliphatic heterocycles. The molecule has 0 spiro atoms. The van der Waals surface area contributed by atoms with E-state index in [0.717, 1.165) is 83.6 Å². The van der Waals surface area contributed by atoms with Gasteiger partial charge in [-0.2, -0.15) is 44.7 Å². The molecule has 1 amide bonds. The van der Waals surface area contributed by atoms with Gasteiger partial charge in [-0.05, 0) is 145 Å². The van der Waals surface area contributed by atoms with Gasteiger partial charge in [-0.25, -0.2) is 68.8 Å². The third-order valence-electron chi connectivity index (χ3n) is 11.4. The summed E-state index contributed by atoms with van der Waals surface area (Å²) in [6.07, 6.45) is 17.1. The van der Waals surface area contributed by atoms with Crippen molar-refractivity contribution in [2.75, 3.05) is 132 Å². The number of hydrogen-bond donors (Lipinski definition) is 4. The first kappa shape index (κ1) is 113. The fraction of sp³-hybridized carbons (Fsp3) is 0.478. The second-order valence-electron chi connectivity index (χ2n) is 20.7. The number of carbonyl (C=O) groups is 7. The van der Waals surface area contributed by atoms with Crippen LogP contribution in [0.25, 0.3) is 0 Å². The Labute approximate surface area is 764 Å². The summed E-state index contributed by atoms with van der Waals surface area (Å²) in [5.41, 5.74) is 7.17. The minimum Gasteiger partial charge on any atom is -0.857 e. The van der Waals surface area contributed by atoms with Gasteiger partial charge in [0.15, 0.2) is 17.1 Å². The first-order valence-electron chi connectivity index (χ1n) is 33.1. The number of methoxy groups -OCH3 is 8. The normalized spacial score (nSPS) is 10.9. The molecule has 632 valence electrons. The zero-order chi connectivity index (χ0) is 85.1. The molecule has 4 N–H and O–H groups in total. The van der Waals surface area contributed by atoms with Gasteiger partial charge in [-0.15, -0.1) is 59.5 Å². The summed E-state index contributed by atoms with van der Waals surface area (Å²) in [6.45, 7) is 16.3. The molecule has 0 bridgehead atoms. The van der Waals surface area contributed by atoms with Crippen molar-refractivity contribution in [2.45, 2.75) is 99.5 Å². The van der Waals surface area contributed by atoms with Gasteiger partial charge in [-0.1, -0.05) is 6.92 Å². The molecule has 7 aromatic rings. The van der Waals surface area contributed by atoms with Gasteiger partial charge < -0.3 is 78.3 Å². The van der Waals surface area contributed by atoms with Gasteiger partial charge in [0.2, 0.25) is 5.28 Å². The number of aromatic nitrogens is 14. The summed E-state index contributed by atoms with van der Waals surface area (Å²) in [5.74, 6) is 0.637. The van der Waals surface area contributed by atoms with Crippen LogP contribution in [-0.4, -0.2) is 249 Å². The van der Waals surface area contributed by atoms with Crippen molar-refractivity contribution in [3.63, 3.8) is 0 Å². The molecule has 0 radical (unpaired) electrons. The van der Waals surface area contributed by atoms with E-state index in [1.165, 1.54) is 78.6 Å². The molecule has 115 heavy (non-hydrogen) atoms. The van der Waals surface area contributed by atoms with Crippen LogP contribution in [0.2, 0.25) is 5.28 Å². The quantitative estimate of drug-likeness (QED) is 0.00973. The average molecular weight is 2090 g/mol. The van der Waals surface area contributed by atoms with Crippen LogP contribution < -0.4 is 79.5 Å². The van der Waals surface area contributed by atoms with Gasteiger partial charge in [0.05, 0.1) is 101 Å². The molecule has 0 aliphatic carbocycles. The fourth-order valence-electron chi connectivity index (χ4n) is 6.78. The van der Waals surface area contributed by atoms with E-state index in [1.54, 1.807) is 95.7 Å². The van der Waals surface area contributed by atoms with Crippen LogP contribution in [0.15, 0.2) is 75.4 Å². The number of hydrogen-bond acceptors (Lipinski definition) is 41. The average Bonchev–Trinajstić information content (AvgIpc) is 1.59. The number of fused-ring (bicyclic) bond motifs is 2. The number of carbonyl (C=O) groups excluding carboxylic acids is 7. The van der Waals surface area contributed by atoms with E-state index in [4.69, 9.17) is 60.3 Å². The molecule has 7 aromatic heterocycles. The zero-order valence-electron chi connectivity index (χ0n) is 66.3. The first-order chi connectivity index (χ1) is 54.1. The Morgan fingerprint density at radius 2 is 0.983 bits per heavy atom. The molecular weight excluding hydrogens is 2000 g/mol. The number of rotatable bonds is 21. The molecule has 0 fully saturated rings. The SMILES string of the molecule is CC(C)(C)OC(=O)CCCS.CCCSc1cnc(OC)nc1C(=O)OC.CCOC(=O)C(=O)OCC.CCOC(=O)c1nc(OC)ncc1I.COC(=O)c1nc(OC)ncc1SCCN.COc1ncc(I)cn1.COc1ncc2c(n1)C(=O)NCCS2.COc1ncc2c(n1)CNCCS2.C[O-].Cl.Clc1ncc(I)cn1.[Na+]. The maximum atomic E-state index is 11.5. The Morgan fingerprint density at radius 1 is 0.565 bits per heavy atom. The molecule has 0 unspecified atom stereocenters. The van der Waals surface area contributed by atoms with E-state index in [1.807, 2.05) is 49.6 Å². The predicted octanol–water partition coefficient (Wildman–Crippen LogP) is 5.74. The molecule has 2 aliphatic rings. The standard InChI is InChI=1S/C10H14N2O3S.C9H13N3O3S.C8H9IN2O3.C8H9N3O2S.C8H11N3OS.C8H16O2S.C6H10O4.C5H5IN2O.C4H2ClIN2.CH3O.ClH.Na/c1-4-5-16-7-6-11-10(15-3)12-8(7)9(13)14-2;1-14-8(13)7-6(16-4-3-10)5-11-9(12-7)15-2;1-3-14-7(12)6-5(9)4-10-8(11-6)13-2;1-13-8-10-4-5-6(11-8)7(12)9-2-3-14-5;1-12-8-10-5-7-6(11-8)4-9-2-3-13-7;1-8(2,3)10-7(9)5-4-6-11;1-3-9-5(7)6(8)10-4-2;1-9-5-7-2-4(6)3-8-5;5-4-7-1-3(6)2-8-4;1-2;;/h6H,4-5H2,1-3H3;5H,3-4,10H2,1-2H3;4H,3H2,1-2H3;4H,2-3H2,1H3,(H,9,12);5,9H,2-4H2,1H3;11H,4-6H2,1-3H3;3-4H2,1-2H3;2-3H,1H3;1-2H;1H3;1H;/q;;;;;;;;;-1;;+1. The third kappa shape index (κ3) is 49.9. The maximum Gasteiger partial charge on any atom is 1.00 e. The van der Waals surface area contributed by atoms with Crippen LogP contribution >= 0.6 is 151 Å². The second kappa shape index (κ2) is 68.9. The number of thiol groups is 1. The molecule has 0 saturated carbocycles. The number of nitrogens with zero attached hydrogens (tertiary/aromatic N) is 14. The van der Waals surface area contributed by atoms with Crippen LogP contribution in [-0.2, 0) is 49.3 Å². The summed E-state index contributed by atoms with van der Waals surface area (Å²) in [7, 11) is 12.3. The van der Waals surface area contributed by atoms with E-state index in [-0.39, 0.29) is 114 Å². The van der Waals surface area contributed by atoms with Crippen LogP contribution in [0.5, 0.6) is 36.1 Å². The predicted molar refractivity (Wildman–Crippen MR) is 457 cm³/mol. The minimum atomic E-state index is -0.927. The smallest absolute Gasteiger partial charge is 0.857 e. The van der Waals surface area contributed by atoms with Crippen molar-refractivity contribution in [3.05, 3.63) is 100 Å². The van der Waals surface area contributed by atoms with E-state index in [9.17, 15) is 33.6 Å². The monoisotopic (exact) mass is 2090 g/mol. The summed E-state index contributed by atoms with van der Waals surface area (Å²) >= 11 is 21.9. The second-order valence-corrected chi connectivity index (χ2v) is 29.6. The van der Waals surface area contributed by atoms with E-state index in [0.29, 0.717) is 63.3 Å². The van der Waals surface area contributed by atoms with Gasteiger partial charge in [0.25, 0.3) is 5.91 Å². The van der Waals surface area contributed by atoms with Crippen molar-refractivity contribution >= 4 is 193 Å². The Morgan fingerprint density at radius 3 is 1.43 bits per heavy atom. The van der Waals surface area contributed by atoms with Crippen LogP contribution in [0.3, 0.4) is 0 Å². The van der Waals surface area contributed by atoms with Gasteiger partial charge in [0.1, 0.15) is 11.3 Å². The molecule has 0 atom stereocenters. The summed E-state index contributed by atoms with van der Waals surface area (Å²) in [6, 6.07) is 1.55. The van der Waals surface area contributed by atoms with E-state index >= 15 is 0 Å². The Bertz CT molecular complexity index is 3850. The van der Waals surface area contributed by atoms with Crippen molar-refractivity contribution in [3.8, 4) is 36.1 Å². The largest absolute Gasteiger partial charge is 1.00 e. The third-order valence-corrected chi connectivity index (χ3v) is 18.2. The molecule has 9 rings (SSSR count). The first-order valence-corrected chi connectivity index (χ1v) is 41.3. The molecule has 0 aromatic carbocycles. The van der Waals surface area contributed by atoms with Crippen molar-refractivity contribution in [1.29, 1.82) is 0 Å². The number of halogens is 5. The van der Waals surface area contributed by atoms with Gasteiger partial charge in [0, 0.05) is 118 Å².